The molecule has 8 heteroatoms. The van der Waals surface area contributed by atoms with Gasteiger partial charge >= 0.3 is 0 Å². The molecule has 0 bridgehead atoms. The van der Waals surface area contributed by atoms with E-state index in [0.29, 0.717) is 0 Å². The first-order valence-electron chi connectivity index (χ1n) is 12.5. The third-order valence-electron chi connectivity index (χ3n) is 8.50. The van der Waals surface area contributed by atoms with E-state index < -0.39 is 33.3 Å². The summed E-state index contributed by atoms with van der Waals surface area (Å²) >= 11 is 0. The van der Waals surface area contributed by atoms with Crippen LogP contribution in [0.25, 0.3) is 0 Å². The van der Waals surface area contributed by atoms with Crippen LogP contribution >= 0.6 is 0 Å². The molecule has 0 radical (unpaired) electrons. The van der Waals surface area contributed by atoms with E-state index in [1.807, 2.05) is 5.70 Å². The van der Waals surface area contributed by atoms with Gasteiger partial charge in [-0.3, -0.25) is 0 Å². The van der Waals surface area contributed by atoms with Crippen molar-refractivity contribution in [1.82, 2.24) is 0 Å². The molecule has 5 unspecified atom stereocenters. The first-order chi connectivity index (χ1) is 14.9. The predicted octanol–water partition coefficient (Wildman–Crippen LogP) is 7.79. The van der Waals surface area contributed by atoms with Crippen LogP contribution in [0.4, 0.5) is 0 Å². The molecule has 0 saturated carbocycles. The topological polar surface area (TPSA) is 36.9 Å². The molecule has 33 heavy (non-hydrogen) atoms. The van der Waals surface area contributed by atoms with E-state index >= 15 is 0 Å². The van der Waals surface area contributed by atoms with Crippen molar-refractivity contribution in [2.24, 2.45) is 0 Å². The Morgan fingerprint density at radius 1 is 1.12 bits per heavy atom. The van der Waals surface area contributed by atoms with Gasteiger partial charge in [-0.2, -0.15) is 0 Å². The summed E-state index contributed by atoms with van der Waals surface area (Å²) in [6, 6.07) is 0. The van der Waals surface area contributed by atoms with E-state index in [1.165, 1.54) is 0 Å². The van der Waals surface area contributed by atoms with Crippen LogP contribution in [0.5, 0.6) is 0 Å². The van der Waals surface area contributed by atoms with Crippen LogP contribution in [-0.2, 0) is 17.7 Å². The van der Waals surface area contributed by atoms with Crippen molar-refractivity contribution in [1.29, 1.82) is 0 Å². The molecule has 5 atom stereocenters. The standard InChI is InChI=1S/C25H52O4Si4/c1-15-24(6,33(14)21-19-20-23(28-33)31(10,11)26-17-3)22(5)27-32(12,13)25(7,16-2)29-30(8,9)18-4/h17-19,21-23H,3-4,15-16,20H2,1-2,5-14H3. The highest BCUT2D eigenvalue weighted by Gasteiger charge is 2.57. The van der Waals surface area contributed by atoms with Gasteiger partial charge < -0.3 is 17.7 Å². The normalized spacial score (nSPS) is 26.7. The third-order valence-corrected chi connectivity index (χ3v) is 22.2. The van der Waals surface area contributed by atoms with E-state index in [0.717, 1.165) is 19.3 Å². The molecule has 1 aliphatic heterocycles. The van der Waals surface area contributed by atoms with Crippen LogP contribution in [0.2, 0.25) is 50.9 Å². The van der Waals surface area contributed by atoms with Gasteiger partial charge in [0, 0.05) is 11.1 Å². The van der Waals surface area contributed by atoms with Gasteiger partial charge in [0.25, 0.3) is 8.32 Å². The summed E-state index contributed by atoms with van der Waals surface area (Å²) < 4.78 is 26.9. The molecular formula is C25H52O4Si4. The van der Waals surface area contributed by atoms with Crippen LogP contribution in [0.15, 0.2) is 36.9 Å². The predicted molar refractivity (Wildman–Crippen MR) is 153 cm³/mol. The highest BCUT2D eigenvalue weighted by Crippen LogP contribution is 2.51. The van der Waals surface area contributed by atoms with Gasteiger partial charge in [-0.15, -0.1) is 6.58 Å². The van der Waals surface area contributed by atoms with Crippen molar-refractivity contribution in [3.05, 3.63) is 36.9 Å². The Morgan fingerprint density at radius 3 is 2.15 bits per heavy atom. The van der Waals surface area contributed by atoms with E-state index in [9.17, 15) is 0 Å². The molecule has 1 heterocycles. The summed E-state index contributed by atoms with van der Waals surface area (Å²) in [4.78, 5) is 0. The number of rotatable bonds is 13. The Morgan fingerprint density at radius 2 is 1.70 bits per heavy atom. The van der Waals surface area contributed by atoms with Crippen LogP contribution < -0.4 is 0 Å². The van der Waals surface area contributed by atoms with Gasteiger partial charge in [0.1, 0.15) is 0 Å². The lowest BCUT2D eigenvalue weighted by Gasteiger charge is -2.53. The minimum atomic E-state index is -2.29. The Hall–Kier alpha value is -0.232. The Labute approximate surface area is 209 Å². The average Bonchev–Trinajstić information content (AvgIpc) is 2.72. The SMILES string of the molecule is C=CO[Si](C)(C)C1CC=C[Si](C)(C(C)(CC)C(C)O[Si](C)(C)C(C)(CC)O[Si](C)(C)C=C)O1. The monoisotopic (exact) mass is 528 g/mol. The van der Waals surface area contributed by atoms with Gasteiger partial charge in [0.05, 0.1) is 17.2 Å². The lowest BCUT2D eigenvalue weighted by molar-refractivity contribution is 0.0754. The van der Waals surface area contributed by atoms with Crippen molar-refractivity contribution in [2.75, 3.05) is 0 Å². The van der Waals surface area contributed by atoms with Crippen LogP contribution in [-0.4, -0.2) is 50.3 Å². The summed E-state index contributed by atoms with van der Waals surface area (Å²) in [5.74, 6) is 0. The summed E-state index contributed by atoms with van der Waals surface area (Å²) in [5, 5.41) is -0.355. The highest BCUT2D eigenvalue weighted by atomic mass is 28.4. The Kier molecular flexibility index (Phi) is 10.1. The summed E-state index contributed by atoms with van der Waals surface area (Å²) in [6.45, 7) is 35.1. The molecule has 0 amide bonds. The molecule has 0 saturated heterocycles. The molecular weight excluding hydrogens is 477 g/mol. The molecule has 0 fully saturated rings. The van der Waals surface area contributed by atoms with Crippen molar-refractivity contribution >= 4 is 33.3 Å². The fourth-order valence-corrected chi connectivity index (χ4v) is 17.1. The second kappa shape index (κ2) is 10.8. The number of hydrogen-bond donors (Lipinski definition) is 0. The van der Waals surface area contributed by atoms with Crippen molar-refractivity contribution in [2.45, 2.75) is 122 Å². The first kappa shape index (κ1) is 30.8. The number of hydrogen-bond acceptors (Lipinski definition) is 4. The Balaban J connectivity index is 3.27. The van der Waals surface area contributed by atoms with Crippen molar-refractivity contribution in [3.63, 3.8) is 0 Å². The molecule has 0 aromatic rings. The smallest absolute Gasteiger partial charge is 0.271 e. The van der Waals surface area contributed by atoms with Gasteiger partial charge in [-0.05, 0) is 78.9 Å². The van der Waals surface area contributed by atoms with E-state index in [4.69, 9.17) is 17.7 Å². The minimum Gasteiger partial charge on any atom is -0.548 e. The van der Waals surface area contributed by atoms with E-state index in [-0.39, 0.29) is 22.1 Å². The zero-order chi connectivity index (χ0) is 25.9. The van der Waals surface area contributed by atoms with Gasteiger partial charge in [-0.1, -0.05) is 44.8 Å². The van der Waals surface area contributed by atoms with Crippen LogP contribution in [0, 0.1) is 0 Å². The average molecular weight is 529 g/mol. The zero-order valence-electron chi connectivity index (χ0n) is 23.6. The lowest BCUT2D eigenvalue weighted by atomic mass is 10.0. The maximum atomic E-state index is 7.11. The molecule has 0 aliphatic carbocycles. The second-order valence-electron chi connectivity index (χ2n) is 11.8. The van der Waals surface area contributed by atoms with Crippen molar-refractivity contribution < 1.29 is 17.7 Å². The molecule has 0 spiro atoms. The Bertz CT molecular complexity index is 723. The largest absolute Gasteiger partial charge is 0.548 e. The molecule has 4 nitrogen and oxygen atoms in total. The fourth-order valence-electron chi connectivity index (χ4n) is 4.82. The third kappa shape index (κ3) is 6.51. The molecule has 0 aromatic carbocycles. The van der Waals surface area contributed by atoms with Crippen molar-refractivity contribution in [3.8, 4) is 0 Å². The second-order valence-corrected chi connectivity index (χ2v) is 27.9. The zero-order valence-corrected chi connectivity index (χ0v) is 27.6. The minimum absolute atomic E-state index is 0.0531. The van der Waals surface area contributed by atoms with E-state index in [1.54, 1.807) is 6.26 Å². The quantitative estimate of drug-likeness (QED) is 0.181. The van der Waals surface area contributed by atoms with Gasteiger partial charge in [0.2, 0.25) is 25.0 Å². The molecule has 1 aliphatic rings. The van der Waals surface area contributed by atoms with E-state index in [2.05, 4.69) is 105 Å². The highest BCUT2D eigenvalue weighted by molar-refractivity contribution is 6.83. The molecule has 192 valence electrons. The lowest BCUT2D eigenvalue weighted by Crippen LogP contribution is -2.64. The maximum absolute atomic E-state index is 7.11. The molecule has 0 N–H and O–H groups in total. The molecule has 1 rings (SSSR count). The summed E-state index contributed by atoms with van der Waals surface area (Å²) in [5.41, 5.74) is 4.55. The maximum Gasteiger partial charge on any atom is 0.271 e. The molecule has 0 aromatic heterocycles. The van der Waals surface area contributed by atoms with Gasteiger partial charge in [0.15, 0.2) is 0 Å². The summed E-state index contributed by atoms with van der Waals surface area (Å²) in [6.07, 6.45) is 6.82. The summed E-state index contributed by atoms with van der Waals surface area (Å²) in [7, 11) is -8.55. The van der Waals surface area contributed by atoms with Crippen LogP contribution in [0.3, 0.4) is 0 Å². The van der Waals surface area contributed by atoms with Crippen LogP contribution in [0.1, 0.15) is 53.9 Å². The fraction of sp³-hybridized carbons (Fsp3) is 0.760. The van der Waals surface area contributed by atoms with Gasteiger partial charge in [-0.25, -0.2) is 0 Å². The first-order valence-corrected chi connectivity index (χ1v) is 23.9.